The number of rotatable bonds is 16. The van der Waals surface area contributed by atoms with Crippen LogP contribution in [0.5, 0.6) is 0 Å². The summed E-state index contributed by atoms with van der Waals surface area (Å²) in [6.07, 6.45) is 0.968. The molecule has 5 amide bonds. The zero-order chi connectivity index (χ0) is 24.8. The van der Waals surface area contributed by atoms with Gasteiger partial charge in [-0.25, -0.2) is 4.79 Å². The van der Waals surface area contributed by atoms with Crippen molar-refractivity contribution in [3.8, 4) is 0 Å². The molecule has 0 radical (unpaired) electrons. The molecule has 0 bridgehead atoms. The minimum Gasteiger partial charge on any atom is -0.480 e. The molecule has 32 heavy (non-hydrogen) atoms. The van der Waals surface area contributed by atoms with Gasteiger partial charge in [0.05, 0.1) is 19.1 Å². The number of carboxylic acid groups (broad SMARTS) is 1. The van der Waals surface area contributed by atoms with Crippen molar-refractivity contribution in [2.24, 2.45) is 17.2 Å². The first kappa shape index (κ1) is 29.1. The van der Waals surface area contributed by atoms with E-state index >= 15 is 0 Å². The van der Waals surface area contributed by atoms with Crippen LogP contribution in [-0.2, 0) is 28.8 Å². The third kappa shape index (κ3) is 11.5. The molecule has 0 aliphatic carbocycles. The van der Waals surface area contributed by atoms with Crippen molar-refractivity contribution in [2.75, 3.05) is 18.6 Å². The van der Waals surface area contributed by atoms with Crippen molar-refractivity contribution in [1.29, 1.82) is 0 Å². The quantitative estimate of drug-likeness (QED) is 0.106. The third-order valence-corrected chi connectivity index (χ3v) is 4.76. The fourth-order valence-corrected chi connectivity index (χ4v) is 2.84. The molecular formula is C17H30N6O8S. The van der Waals surface area contributed by atoms with Gasteiger partial charge in [0.1, 0.15) is 18.1 Å². The first-order valence-corrected chi connectivity index (χ1v) is 10.9. The molecule has 0 aromatic carbocycles. The maximum absolute atomic E-state index is 12.6. The highest BCUT2D eigenvalue weighted by atomic mass is 32.2. The minimum atomic E-state index is -1.68. The van der Waals surface area contributed by atoms with Crippen LogP contribution in [0.2, 0.25) is 0 Å². The number of nitrogens with two attached hydrogens (primary N) is 3. The molecule has 0 saturated heterocycles. The van der Waals surface area contributed by atoms with Gasteiger partial charge in [-0.05, 0) is 24.9 Å². The van der Waals surface area contributed by atoms with Crippen LogP contribution in [0.3, 0.4) is 0 Å². The second-order valence-corrected chi connectivity index (χ2v) is 7.75. The predicted molar refractivity (Wildman–Crippen MR) is 114 cm³/mol. The lowest BCUT2D eigenvalue weighted by Crippen LogP contribution is -2.58. The Bertz CT molecular complexity index is 707. The number of carboxylic acids is 1. The van der Waals surface area contributed by atoms with Crippen LogP contribution in [0.15, 0.2) is 0 Å². The first-order valence-electron chi connectivity index (χ1n) is 9.48. The van der Waals surface area contributed by atoms with E-state index in [2.05, 4.69) is 10.6 Å². The summed E-state index contributed by atoms with van der Waals surface area (Å²) in [5, 5.41) is 25.0. The lowest BCUT2D eigenvalue weighted by Gasteiger charge is -2.24. The third-order valence-electron chi connectivity index (χ3n) is 4.12. The van der Waals surface area contributed by atoms with Gasteiger partial charge in [0, 0.05) is 6.42 Å². The fourth-order valence-electron chi connectivity index (χ4n) is 2.35. The number of aliphatic carboxylic acids is 1. The Hall–Kier alpha value is -2.91. The number of nitrogens with one attached hydrogen (secondary N) is 3. The standard InChI is InChI=1S/C17H30N6O8S/c1-32-5-4-8(18)14(27)21-9(2-3-12(19)25)15(28)23-11(7-24)16(29)22-10(17(30)31)6-13(20)26/h8-11,24H,2-7,18H2,1H3,(H2,19,25)(H2,20,26)(H,21,27)(H,22,29)(H,23,28)(H,30,31). The van der Waals surface area contributed by atoms with Crippen LogP contribution in [0.1, 0.15) is 25.7 Å². The van der Waals surface area contributed by atoms with Crippen LogP contribution in [0.25, 0.3) is 0 Å². The number of aliphatic hydroxyl groups excluding tert-OH is 1. The summed E-state index contributed by atoms with van der Waals surface area (Å²) < 4.78 is 0. The largest absolute Gasteiger partial charge is 0.480 e. The normalized spacial score (nSPS) is 14.3. The molecule has 15 heteroatoms. The molecule has 0 fully saturated rings. The van der Waals surface area contributed by atoms with Crippen molar-refractivity contribution >= 4 is 47.3 Å². The minimum absolute atomic E-state index is 0.207. The van der Waals surface area contributed by atoms with Crippen LogP contribution < -0.4 is 33.2 Å². The number of primary amides is 2. The van der Waals surface area contributed by atoms with E-state index in [4.69, 9.17) is 22.3 Å². The highest BCUT2D eigenvalue weighted by Gasteiger charge is 2.30. The SMILES string of the molecule is CSCCC(N)C(=O)NC(CCC(N)=O)C(=O)NC(CO)C(=O)NC(CC(N)=O)C(=O)O. The Kier molecular flexibility index (Phi) is 13.6. The van der Waals surface area contributed by atoms with E-state index in [1.54, 1.807) is 0 Å². The van der Waals surface area contributed by atoms with Gasteiger partial charge in [-0.1, -0.05) is 0 Å². The van der Waals surface area contributed by atoms with E-state index in [1.807, 2.05) is 11.6 Å². The topological polar surface area (TPSA) is 257 Å². The van der Waals surface area contributed by atoms with Crippen LogP contribution in [-0.4, -0.2) is 88.5 Å². The van der Waals surface area contributed by atoms with Gasteiger partial charge in [0.2, 0.25) is 29.5 Å². The van der Waals surface area contributed by atoms with Crippen LogP contribution in [0, 0.1) is 0 Å². The summed E-state index contributed by atoms with van der Waals surface area (Å²) in [7, 11) is 0. The molecule has 14 nitrogen and oxygen atoms in total. The summed E-state index contributed by atoms with van der Waals surface area (Å²) in [6, 6.07) is -5.52. The van der Waals surface area contributed by atoms with E-state index < -0.39 is 72.7 Å². The lowest BCUT2D eigenvalue weighted by molar-refractivity contribution is -0.144. The van der Waals surface area contributed by atoms with Gasteiger partial charge < -0.3 is 43.4 Å². The molecule has 4 unspecified atom stereocenters. The second kappa shape index (κ2) is 15.0. The lowest BCUT2D eigenvalue weighted by atomic mass is 10.1. The molecule has 0 rings (SSSR count). The molecule has 0 aromatic rings. The molecule has 0 aliphatic rings. The maximum Gasteiger partial charge on any atom is 0.326 e. The monoisotopic (exact) mass is 478 g/mol. The van der Waals surface area contributed by atoms with Crippen LogP contribution in [0.4, 0.5) is 0 Å². The fraction of sp³-hybridized carbons (Fsp3) is 0.647. The highest BCUT2D eigenvalue weighted by molar-refractivity contribution is 7.98. The Balaban J connectivity index is 5.27. The van der Waals surface area contributed by atoms with Crippen molar-refractivity contribution in [3.63, 3.8) is 0 Å². The summed E-state index contributed by atoms with van der Waals surface area (Å²) in [6.45, 7) is -0.926. The number of amides is 5. The molecule has 0 spiro atoms. The number of carbonyl (C=O) groups excluding carboxylic acids is 5. The van der Waals surface area contributed by atoms with E-state index in [0.717, 1.165) is 0 Å². The first-order chi connectivity index (χ1) is 14.9. The van der Waals surface area contributed by atoms with E-state index in [0.29, 0.717) is 12.2 Å². The molecule has 0 heterocycles. The zero-order valence-electron chi connectivity index (χ0n) is 17.5. The van der Waals surface area contributed by atoms with Crippen molar-refractivity contribution in [1.82, 2.24) is 16.0 Å². The van der Waals surface area contributed by atoms with Gasteiger partial charge in [-0.2, -0.15) is 11.8 Å². The molecule has 0 aliphatic heterocycles. The smallest absolute Gasteiger partial charge is 0.326 e. The Morgan fingerprint density at radius 1 is 0.844 bits per heavy atom. The Morgan fingerprint density at radius 3 is 1.84 bits per heavy atom. The average Bonchev–Trinajstić information content (AvgIpc) is 2.71. The number of hydrogen-bond acceptors (Lipinski definition) is 9. The summed E-state index contributed by atoms with van der Waals surface area (Å²) in [5.41, 5.74) is 15.8. The Morgan fingerprint density at radius 2 is 1.38 bits per heavy atom. The number of carbonyl (C=O) groups is 6. The average molecular weight is 479 g/mol. The molecule has 4 atom stereocenters. The van der Waals surface area contributed by atoms with Gasteiger partial charge in [-0.15, -0.1) is 0 Å². The summed E-state index contributed by atoms with van der Waals surface area (Å²) >= 11 is 1.47. The van der Waals surface area contributed by atoms with Crippen molar-refractivity contribution in [3.05, 3.63) is 0 Å². The molecular weight excluding hydrogens is 448 g/mol. The van der Waals surface area contributed by atoms with E-state index in [9.17, 15) is 33.9 Å². The molecule has 0 aromatic heterocycles. The van der Waals surface area contributed by atoms with Crippen molar-refractivity contribution < 1.29 is 39.0 Å². The van der Waals surface area contributed by atoms with E-state index in [-0.39, 0.29) is 12.8 Å². The van der Waals surface area contributed by atoms with Gasteiger partial charge in [0.15, 0.2) is 0 Å². The number of aliphatic hydroxyl groups is 1. The zero-order valence-corrected chi connectivity index (χ0v) is 18.4. The van der Waals surface area contributed by atoms with Gasteiger partial charge >= 0.3 is 5.97 Å². The molecule has 0 saturated carbocycles. The van der Waals surface area contributed by atoms with Gasteiger partial charge in [0.25, 0.3) is 0 Å². The van der Waals surface area contributed by atoms with Gasteiger partial charge in [-0.3, -0.25) is 24.0 Å². The predicted octanol–water partition coefficient (Wildman–Crippen LogP) is -4.26. The summed E-state index contributed by atoms with van der Waals surface area (Å²) in [5.74, 6) is -5.40. The summed E-state index contributed by atoms with van der Waals surface area (Å²) in [4.78, 5) is 70.3. The van der Waals surface area contributed by atoms with E-state index in [1.165, 1.54) is 11.8 Å². The maximum atomic E-state index is 12.6. The highest BCUT2D eigenvalue weighted by Crippen LogP contribution is 2.03. The molecule has 182 valence electrons. The Labute approximate surface area is 188 Å². The van der Waals surface area contributed by atoms with Crippen molar-refractivity contribution in [2.45, 2.75) is 49.9 Å². The second-order valence-electron chi connectivity index (χ2n) is 6.77. The molecule has 11 N–H and O–H groups in total. The number of thioether (sulfide) groups is 1. The number of hydrogen-bond donors (Lipinski definition) is 8. The van der Waals surface area contributed by atoms with Crippen LogP contribution >= 0.6 is 11.8 Å².